The zero-order chi connectivity index (χ0) is 14.9. The maximum Gasteiger partial charge on any atom is 0.416 e. The molecule has 7 heteroatoms. The first kappa shape index (κ1) is 14.1. The van der Waals surface area contributed by atoms with Gasteiger partial charge in [0.2, 0.25) is 0 Å². The molecular weight excluding hydrogens is 271 g/mol. The van der Waals surface area contributed by atoms with Gasteiger partial charge in [-0.3, -0.25) is 9.48 Å². The highest BCUT2D eigenvalue weighted by Crippen LogP contribution is 2.30. The molecule has 2 rings (SSSR count). The molecule has 0 aliphatic heterocycles. The predicted octanol–water partition coefficient (Wildman–Crippen LogP) is 3.00. The van der Waals surface area contributed by atoms with Crippen molar-refractivity contribution < 1.29 is 18.0 Å². The average Bonchev–Trinajstić information content (AvgIpc) is 2.68. The number of nitrogens with zero attached hydrogens (tertiary/aromatic N) is 2. The average molecular weight is 283 g/mol. The fourth-order valence-electron chi connectivity index (χ4n) is 1.79. The van der Waals surface area contributed by atoms with Gasteiger partial charge in [0, 0.05) is 12.7 Å². The molecule has 0 saturated carbocycles. The summed E-state index contributed by atoms with van der Waals surface area (Å²) in [4.78, 5) is 12.0. The molecular formula is C13H12F3N3O. The molecule has 1 N–H and O–H groups in total. The Morgan fingerprint density at radius 1 is 1.30 bits per heavy atom. The van der Waals surface area contributed by atoms with E-state index in [9.17, 15) is 18.0 Å². The molecule has 0 aliphatic rings. The number of amides is 1. The van der Waals surface area contributed by atoms with E-state index in [4.69, 9.17) is 0 Å². The Morgan fingerprint density at radius 2 is 2.00 bits per heavy atom. The molecule has 1 heterocycles. The Morgan fingerprint density at radius 3 is 2.55 bits per heavy atom. The Hall–Kier alpha value is -2.31. The summed E-state index contributed by atoms with van der Waals surface area (Å²) in [6.07, 6.45) is -4.44. The van der Waals surface area contributed by atoms with Gasteiger partial charge in [0.25, 0.3) is 5.91 Å². The first-order valence-electron chi connectivity index (χ1n) is 5.76. The lowest BCUT2D eigenvalue weighted by Gasteiger charge is -2.09. The zero-order valence-corrected chi connectivity index (χ0v) is 10.8. The van der Waals surface area contributed by atoms with Crippen molar-refractivity contribution in [2.45, 2.75) is 13.1 Å². The van der Waals surface area contributed by atoms with E-state index in [1.165, 1.54) is 16.8 Å². The topological polar surface area (TPSA) is 46.9 Å². The van der Waals surface area contributed by atoms with Crippen molar-refractivity contribution in [3.05, 3.63) is 47.3 Å². The van der Waals surface area contributed by atoms with Crippen LogP contribution in [-0.2, 0) is 13.2 Å². The summed E-state index contributed by atoms with van der Waals surface area (Å²) in [5, 5.41) is 6.43. The predicted molar refractivity (Wildman–Crippen MR) is 67.3 cm³/mol. The van der Waals surface area contributed by atoms with Crippen molar-refractivity contribution in [1.82, 2.24) is 9.78 Å². The summed E-state index contributed by atoms with van der Waals surface area (Å²) in [6, 6.07) is 6.04. The number of carbonyl (C=O) groups excluding carboxylic acids is 1. The van der Waals surface area contributed by atoms with Gasteiger partial charge in [-0.15, -0.1) is 0 Å². The molecule has 0 saturated heterocycles. The minimum Gasteiger partial charge on any atom is -0.321 e. The number of rotatable bonds is 2. The van der Waals surface area contributed by atoms with E-state index in [0.29, 0.717) is 5.69 Å². The normalized spacial score (nSPS) is 11.4. The summed E-state index contributed by atoms with van der Waals surface area (Å²) in [6.45, 7) is 1.72. The number of nitrogens with one attached hydrogen (secondary N) is 1. The molecule has 0 aliphatic carbocycles. The third kappa shape index (κ3) is 2.98. The molecule has 0 spiro atoms. The first-order valence-corrected chi connectivity index (χ1v) is 5.76. The number of anilines is 1. The van der Waals surface area contributed by atoms with Gasteiger partial charge < -0.3 is 5.32 Å². The van der Waals surface area contributed by atoms with E-state index >= 15 is 0 Å². The second-order valence-corrected chi connectivity index (χ2v) is 4.33. The van der Waals surface area contributed by atoms with Gasteiger partial charge in [0.05, 0.1) is 11.3 Å². The maximum absolute atomic E-state index is 12.6. The molecule has 0 bridgehead atoms. The number of alkyl halides is 3. The second kappa shape index (κ2) is 4.99. The van der Waals surface area contributed by atoms with Crippen LogP contribution in [0.1, 0.15) is 21.7 Å². The number of aromatic nitrogens is 2. The molecule has 2 aromatic rings. The number of benzene rings is 1. The van der Waals surface area contributed by atoms with Crippen LogP contribution < -0.4 is 5.32 Å². The Labute approximate surface area is 113 Å². The van der Waals surface area contributed by atoms with Crippen LogP contribution in [0.3, 0.4) is 0 Å². The van der Waals surface area contributed by atoms with E-state index in [1.54, 1.807) is 20.0 Å². The van der Waals surface area contributed by atoms with Crippen molar-refractivity contribution in [3.63, 3.8) is 0 Å². The number of halogens is 3. The van der Waals surface area contributed by atoms with E-state index in [0.717, 1.165) is 12.1 Å². The summed E-state index contributed by atoms with van der Waals surface area (Å²) in [5.74, 6) is -0.507. The van der Waals surface area contributed by atoms with E-state index in [2.05, 4.69) is 10.4 Å². The number of hydrogen-bond acceptors (Lipinski definition) is 2. The highest BCUT2D eigenvalue weighted by atomic mass is 19.4. The molecule has 106 valence electrons. The number of carbonyl (C=O) groups is 1. The van der Waals surface area contributed by atoms with Gasteiger partial charge in [0.15, 0.2) is 0 Å². The van der Waals surface area contributed by atoms with Gasteiger partial charge in [-0.05, 0) is 31.2 Å². The highest BCUT2D eigenvalue weighted by molar-refractivity contribution is 6.03. The number of hydrogen-bond donors (Lipinski definition) is 1. The highest BCUT2D eigenvalue weighted by Gasteiger charge is 2.30. The minimum atomic E-state index is -4.44. The Balaban J connectivity index is 2.22. The lowest BCUT2D eigenvalue weighted by molar-refractivity contribution is -0.137. The summed E-state index contributed by atoms with van der Waals surface area (Å²) in [7, 11) is 1.59. The molecule has 20 heavy (non-hydrogen) atoms. The van der Waals surface area contributed by atoms with Gasteiger partial charge >= 0.3 is 6.18 Å². The largest absolute Gasteiger partial charge is 0.416 e. The van der Waals surface area contributed by atoms with E-state index in [-0.39, 0.29) is 11.4 Å². The molecule has 1 aromatic heterocycles. The standard InChI is InChI=1S/C13H12F3N3O/c1-8-6-11(19(2)18-8)12(20)17-10-5-3-4-9(7-10)13(14,15)16/h3-7H,1-2H3,(H,17,20). The molecule has 1 aromatic carbocycles. The number of aryl methyl sites for hydroxylation is 2. The van der Waals surface area contributed by atoms with E-state index in [1.807, 2.05) is 0 Å². The monoisotopic (exact) mass is 283 g/mol. The zero-order valence-electron chi connectivity index (χ0n) is 10.8. The summed E-state index contributed by atoms with van der Waals surface area (Å²) in [5.41, 5.74) is 0.210. The summed E-state index contributed by atoms with van der Waals surface area (Å²) < 4.78 is 39.1. The molecule has 0 fully saturated rings. The lowest BCUT2D eigenvalue weighted by atomic mass is 10.2. The smallest absolute Gasteiger partial charge is 0.321 e. The van der Waals surface area contributed by atoms with Crippen LogP contribution in [0.15, 0.2) is 30.3 Å². The fraction of sp³-hybridized carbons (Fsp3) is 0.231. The lowest BCUT2D eigenvalue weighted by Crippen LogP contribution is -2.16. The minimum absolute atomic E-state index is 0.0867. The van der Waals surface area contributed by atoms with Crippen LogP contribution in [0.25, 0.3) is 0 Å². The van der Waals surface area contributed by atoms with Crippen LogP contribution >= 0.6 is 0 Å². The van der Waals surface area contributed by atoms with Crippen LogP contribution in [-0.4, -0.2) is 15.7 Å². The van der Waals surface area contributed by atoms with Gasteiger partial charge in [0.1, 0.15) is 5.69 Å². The van der Waals surface area contributed by atoms with Crippen LogP contribution in [0, 0.1) is 6.92 Å². The van der Waals surface area contributed by atoms with E-state index < -0.39 is 17.6 Å². The molecule has 0 radical (unpaired) electrons. The van der Waals surface area contributed by atoms with Crippen molar-refractivity contribution in [1.29, 1.82) is 0 Å². The Kier molecular flexibility index (Phi) is 3.52. The third-order valence-electron chi connectivity index (χ3n) is 2.68. The molecule has 4 nitrogen and oxygen atoms in total. The first-order chi connectivity index (χ1) is 9.27. The van der Waals surface area contributed by atoms with Crippen LogP contribution in [0.5, 0.6) is 0 Å². The Bertz CT molecular complexity index is 647. The van der Waals surface area contributed by atoms with Crippen molar-refractivity contribution >= 4 is 11.6 Å². The van der Waals surface area contributed by atoms with Crippen molar-refractivity contribution in [3.8, 4) is 0 Å². The van der Waals surface area contributed by atoms with Gasteiger partial charge in [-0.1, -0.05) is 6.07 Å². The van der Waals surface area contributed by atoms with Gasteiger partial charge in [-0.2, -0.15) is 18.3 Å². The maximum atomic E-state index is 12.6. The quantitative estimate of drug-likeness (QED) is 0.921. The molecule has 0 unspecified atom stereocenters. The van der Waals surface area contributed by atoms with Crippen LogP contribution in [0.4, 0.5) is 18.9 Å². The molecule has 1 amide bonds. The van der Waals surface area contributed by atoms with Gasteiger partial charge in [-0.25, -0.2) is 0 Å². The molecule has 0 atom stereocenters. The third-order valence-corrected chi connectivity index (χ3v) is 2.68. The second-order valence-electron chi connectivity index (χ2n) is 4.33. The van der Waals surface area contributed by atoms with Crippen LogP contribution in [0.2, 0.25) is 0 Å². The summed E-state index contributed by atoms with van der Waals surface area (Å²) >= 11 is 0. The van der Waals surface area contributed by atoms with Crippen molar-refractivity contribution in [2.24, 2.45) is 7.05 Å². The van der Waals surface area contributed by atoms with Crippen molar-refractivity contribution in [2.75, 3.05) is 5.32 Å². The SMILES string of the molecule is Cc1cc(C(=O)Nc2cccc(C(F)(F)F)c2)n(C)n1. The fourth-order valence-corrected chi connectivity index (χ4v) is 1.79.